The first-order valence-electron chi connectivity index (χ1n) is 8.10. The average molecular weight is 368 g/mol. The molecule has 5 N–H and O–H groups in total. The zero-order valence-corrected chi connectivity index (χ0v) is 14.4. The van der Waals surface area contributed by atoms with Gasteiger partial charge in [0.2, 0.25) is 5.91 Å². The van der Waals surface area contributed by atoms with E-state index in [4.69, 9.17) is 5.73 Å². The Labute approximate surface area is 153 Å². The van der Waals surface area contributed by atoms with Crippen molar-refractivity contribution in [3.05, 3.63) is 59.0 Å². The third-order valence-corrected chi connectivity index (χ3v) is 4.05. The number of hydrogen-bond donors (Lipinski definition) is 4. The topological polar surface area (TPSA) is 121 Å². The lowest BCUT2D eigenvalue weighted by Gasteiger charge is -2.11. The number of phenols is 1. The van der Waals surface area contributed by atoms with Crippen molar-refractivity contribution in [2.45, 2.75) is 13.0 Å². The summed E-state index contributed by atoms with van der Waals surface area (Å²) < 4.78 is 13.0. The van der Waals surface area contributed by atoms with Crippen molar-refractivity contribution in [1.29, 1.82) is 0 Å². The molecule has 0 spiro atoms. The van der Waals surface area contributed by atoms with Crippen LogP contribution in [0.3, 0.4) is 0 Å². The van der Waals surface area contributed by atoms with Crippen molar-refractivity contribution in [3.63, 3.8) is 0 Å². The van der Waals surface area contributed by atoms with Crippen molar-refractivity contribution in [2.24, 2.45) is 5.73 Å². The highest BCUT2D eigenvalue weighted by atomic mass is 19.1. The number of phenolic OH excluding ortho intramolecular Hbond substituents is 1. The van der Waals surface area contributed by atoms with Crippen molar-refractivity contribution >= 4 is 34.9 Å². The Morgan fingerprint density at radius 3 is 2.59 bits per heavy atom. The quantitative estimate of drug-likeness (QED) is 0.551. The van der Waals surface area contributed by atoms with E-state index >= 15 is 0 Å². The third kappa shape index (κ3) is 3.79. The maximum Gasteiger partial charge on any atom is 0.255 e. The maximum absolute atomic E-state index is 13.0. The number of carbonyl (C=O) groups excluding carboxylic acids is 2. The highest BCUT2D eigenvalue weighted by Crippen LogP contribution is 2.31. The van der Waals surface area contributed by atoms with Gasteiger partial charge in [0.25, 0.3) is 5.91 Å². The highest BCUT2D eigenvalue weighted by molar-refractivity contribution is 6.06. The average Bonchev–Trinajstić information content (AvgIpc) is 3.05. The van der Waals surface area contributed by atoms with Crippen LogP contribution in [0.4, 0.5) is 4.39 Å². The van der Waals surface area contributed by atoms with Crippen LogP contribution in [0.5, 0.6) is 5.75 Å². The number of primary amides is 1. The van der Waals surface area contributed by atoms with Gasteiger partial charge in [-0.1, -0.05) is 18.2 Å². The summed E-state index contributed by atoms with van der Waals surface area (Å²) in [5.74, 6) is -1.92. The summed E-state index contributed by atoms with van der Waals surface area (Å²) >= 11 is 0. The van der Waals surface area contributed by atoms with Gasteiger partial charge >= 0.3 is 0 Å². The fraction of sp³-hybridized carbons (Fsp3) is 0.105. The first-order valence-corrected chi connectivity index (χ1v) is 8.10. The SMILES string of the molecule is C[C@H](NC(=O)c1ccc2[nH]nc(C=Cc3ccc(F)cc3)c2c1O)C(N)=O. The van der Waals surface area contributed by atoms with Crippen LogP contribution in [0.25, 0.3) is 23.1 Å². The van der Waals surface area contributed by atoms with Crippen LogP contribution in [0.1, 0.15) is 28.5 Å². The number of aromatic hydroxyl groups is 1. The molecule has 8 heteroatoms. The summed E-state index contributed by atoms with van der Waals surface area (Å²) in [6.07, 6.45) is 3.34. The van der Waals surface area contributed by atoms with Gasteiger partial charge < -0.3 is 16.2 Å². The van der Waals surface area contributed by atoms with E-state index in [1.54, 1.807) is 30.4 Å². The lowest BCUT2D eigenvalue weighted by molar-refractivity contribution is -0.119. The Hall–Kier alpha value is -3.68. The summed E-state index contributed by atoms with van der Waals surface area (Å²) in [6, 6.07) is 8.02. The molecule has 27 heavy (non-hydrogen) atoms. The van der Waals surface area contributed by atoms with E-state index in [0.717, 1.165) is 5.56 Å². The summed E-state index contributed by atoms with van der Waals surface area (Å²) in [5.41, 5.74) is 6.82. The number of H-pyrrole nitrogens is 1. The number of halogens is 1. The van der Waals surface area contributed by atoms with Crippen LogP contribution in [0.15, 0.2) is 36.4 Å². The summed E-state index contributed by atoms with van der Waals surface area (Å²) in [4.78, 5) is 23.4. The fourth-order valence-electron chi connectivity index (χ4n) is 2.52. The highest BCUT2D eigenvalue weighted by Gasteiger charge is 2.20. The van der Waals surface area contributed by atoms with Gasteiger partial charge in [0.1, 0.15) is 17.6 Å². The number of aromatic amines is 1. The minimum atomic E-state index is -0.880. The molecule has 0 bridgehead atoms. The number of rotatable bonds is 5. The molecule has 0 radical (unpaired) electrons. The van der Waals surface area contributed by atoms with Crippen LogP contribution in [-0.2, 0) is 4.79 Å². The minimum absolute atomic E-state index is 0.00608. The molecule has 138 valence electrons. The molecule has 2 amide bonds. The second-order valence-corrected chi connectivity index (χ2v) is 5.98. The lowest BCUT2D eigenvalue weighted by atomic mass is 10.1. The molecule has 2 aromatic carbocycles. The Morgan fingerprint density at radius 1 is 1.22 bits per heavy atom. The van der Waals surface area contributed by atoms with Gasteiger partial charge in [-0.15, -0.1) is 0 Å². The van der Waals surface area contributed by atoms with E-state index in [1.807, 2.05) is 0 Å². The molecule has 0 saturated carbocycles. The number of hydrogen-bond acceptors (Lipinski definition) is 4. The van der Waals surface area contributed by atoms with E-state index in [0.29, 0.717) is 16.6 Å². The molecule has 1 heterocycles. The molecule has 0 unspecified atom stereocenters. The molecule has 3 aromatic rings. The van der Waals surface area contributed by atoms with Gasteiger partial charge in [-0.25, -0.2) is 4.39 Å². The Kier molecular flexibility index (Phi) is 4.89. The molecule has 7 nitrogen and oxygen atoms in total. The van der Waals surface area contributed by atoms with Crippen LogP contribution in [-0.4, -0.2) is 33.2 Å². The van der Waals surface area contributed by atoms with E-state index in [1.165, 1.54) is 25.1 Å². The zero-order chi connectivity index (χ0) is 19.6. The first-order chi connectivity index (χ1) is 12.9. The number of benzene rings is 2. The summed E-state index contributed by atoms with van der Waals surface area (Å²) in [6.45, 7) is 1.45. The minimum Gasteiger partial charge on any atom is -0.506 e. The van der Waals surface area contributed by atoms with E-state index < -0.39 is 17.9 Å². The Morgan fingerprint density at radius 2 is 1.93 bits per heavy atom. The summed E-state index contributed by atoms with van der Waals surface area (Å²) in [7, 11) is 0. The number of carbonyl (C=O) groups is 2. The molecule has 3 rings (SSSR count). The number of aromatic nitrogens is 2. The van der Waals surface area contributed by atoms with E-state index in [-0.39, 0.29) is 17.1 Å². The molecule has 0 aliphatic carbocycles. The van der Waals surface area contributed by atoms with E-state index in [2.05, 4.69) is 15.5 Å². The number of nitrogens with one attached hydrogen (secondary N) is 2. The maximum atomic E-state index is 13.0. The van der Waals surface area contributed by atoms with Crippen molar-refractivity contribution in [1.82, 2.24) is 15.5 Å². The van der Waals surface area contributed by atoms with Crippen molar-refractivity contribution in [3.8, 4) is 5.75 Å². The predicted molar refractivity (Wildman–Crippen MR) is 99.2 cm³/mol. The van der Waals surface area contributed by atoms with Gasteiger partial charge in [-0.3, -0.25) is 14.7 Å². The van der Waals surface area contributed by atoms with Gasteiger partial charge in [0.15, 0.2) is 0 Å². The monoisotopic (exact) mass is 368 g/mol. The van der Waals surface area contributed by atoms with Gasteiger partial charge in [-0.05, 0) is 42.8 Å². The van der Waals surface area contributed by atoms with Crippen LogP contribution in [0.2, 0.25) is 0 Å². The lowest BCUT2D eigenvalue weighted by Crippen LogP contribution is -2.42. The molecule has 0 aliphatic heterocycles. The largest absolute Gasteiger partial charge is 0.506 e. The zero-order valence-electron chi connectivity index (χ0n) is 14.4. The number of fused-ring (bicyclic) bond motifs is 1. The normalized spacial score (nSPS) is 12.4. The molecule has 0 aliphatic rings. The van der Waals surface area contributed by atoms with Gasteiger partial charge in [0.05, 0.1) is 22.2 Å². The number of amides is 2. The number of nitrogens with zero attached hydrogens (tertiary/aromatic N) is 1. The van der Waals surface area contributed by atoms with Crippen molar-refractivity contribution in [2.75, 3.05) is 0 Å². The smallest absolute Gasteiger partial charge is 0.255 e. The standard InChI is InChI=1S/C19H17FN4O3/c1-10(18(21)26)22-19(27)13-7-9-15-16(17(13)25)14(23-24-15)8-4-11-2-5-12(20)6-3-11/h2-10,25H,1H3,(H2,21,26)(H,22,27)(H,23,24)/t10-/m0/s1. The summed E-state index contributed by atoms with van der Waals surface area (Å²) in [5, 5.41) is 20.2. The molecular weight excluding hydrogens is 351 g/mol. The second-order valence-electron chi connectivity index (χ2n) is 5.98. The van der Waals surface area contributed by atoms with Gasteiger partial charge in [0, 0.05) is 0 Å². The predicted octanol–water partition coefficient (Wildman–Crippen LogP) is 2.18. The van der Waals surface area contributed by atoms with Crippen molar-refractivity contribution < 1.29 is 19.1 Å². The second kappa shape index (κ2) is 7.28. The Bertz CT molecular complexity index is 1040. The molecule has 1 aromatic heterocycles. The van der Waals surface area contributed by atoms with Crippen LogP contribution < -0.4 is 11.1 Å². The molecule has 0 saturated heterocycles. The third-order valence-electron chi connectivity index (χ3n) is 4.05. The molecule has 1 atom stereocenters. The Balaban J connectivity index is 1.95. The molecular formula is C19H17FN4O3. The fourth-order valence-corrected chi connectivity index (χ4v) is 2.52. The molecule has 0 fully saturated rings. The first kappa shape index (κ1) is 18.1. The number of nitrogens with two attached hydrogens (primary N) is 1. The van der Waals surface area contributed by atoms with Crippen LogP contribution >= 0.6 is 0 Å². The van der Waals surface area contributed by atoms with Crippen LogP contribution in [0, 0.1) is 5.82 Å². The van der Waals surface area contributed by atoms with E-state index in [9.17, 15) is 19.1 Å². The van der Waals surface area contributed by atoms with Gasteiger partial charge in [-0.2, -0.15) is 5.10 Å².